The summed E-state index contributed by atoms with van der Waals surface area (Å²) in [5.74, 6) is 1.34. The summed E-state index contributed by atoms with van der Waals surface area (Å²) in [7, 11) is 0. The van der Waals surface area contributed by atoms with Crippen LogP contribution in [0, 0.1) is 6.92 Å². The normalized spacial score (nSPS) is 17.4. The molecule has 1 fully saturated rings. The van der Waals surface area contributed by atoms with Crippen LogP contribution < -0.4 is 4.74 Å². The topological polar surface area (TPSA) is 55.3 Å². The summed E-state index contributed by atoms with van der Waals surface area (Å²) in [6, 6.07) is 11.8. The van der Waals surface area contributed by atoms with Crippen LogP contribution in [0.4, 0.5) is 0 Å². The Bertz CT molecular complexity index is 860. The second kappa shape index (κ2) is 6.20. The van der Waals surface area contributed by atoms with Gasteiger partial charge in [-0.1, -0.05) is 18.2 Å². The number of carbonyl (C=O) groups is 1. The molecule has 6 heteroatoms. The number of aromatic nitrogens is 2. The fraction of sp³-hybridized carbons (Fsp3) is 0.278. The highest BCUT2D eigenvalue weighted by Crippen LogP contribution is 2.27. The van der Waals surface area contributed by atoms with Crippen LogP contribution in [0.5, 0.6) is 5.88 Å². The van der Waals surface area contributed by atoms with Gasteiger partial charge in [-0.05, 0) is 24.4 Å². The number of fused-ring (bicyclic) bond motifs is 1. The molecule has 1 aliphatic rings. The zero-order valence-corrected chi connectivity index (χ0v) is 14.1. The van der Waals surface area contributed by atoms with E-state index >= 15 is 0 Å². The van der Waals surface area contributed by atoms with Crippen molar-refractivity contribution in [2.45, 2.75) is 19.4 Å². The molecule has 0 spiro atoms. The number of nitrogens with zero attached hydrogens (tertiary/aromatic N) is 3. The molecule has 1 aromatic carbocycles. The first-order valence-corrected chi connectivity index (χ1v) is 8.75. The van der Waals surface area contributed by atoms with Crippen molar-refractivity contribution in [2.24, 2.45) is 0 Å². The molecule has 5 nitrogen and oxygen atoms in total. The Morgan fingerprint density at radius 3 is 3.04 bits per heavy atom. The van der Waals surface area contributed by atoms with Gasteiger partial charge in [0.15, 0.2) is 0 Å². The number of likely N-dealkylation sites (tertiary alicyclic amines) is 1. The Labute approximate surface area is 143 Å². The van der Waals surface area contributed by atoms with Crippen molar-refractivity contribution in [1.82, 2.24) is 14.9 Å². The Morgan fingerprint density at radius 2 is 2.21 bits per heavy atom. The lowest BCUT2D eigenvalue weighted by atomic mass is 10.2. The van der Waals surface area contributed by atoms with Crippen LogP contribution in [0.3, 0.4) is 0 Å². The highest BCUT2D eigenvalue weighted by Gasteiger charge is 2.29. The molecule has 122 valence electrons. The van der Waals surface area contributed by atoms with Crippen LogP contribution in [-0.4, -0.2) is 40.0 Å². The summed E-state index contributed by atoms with van der Waals surface area (Å²) in [5.41, 5.74) is 0. The Hall–Kier alpha value is -2.47. The summed E-state index contributed by atoms with van der Waals surface area (Å²) >= 11 is 1.55. The maximum Gasteiger partial charge on any atom is 0.264 e. The van der Waals surface area contributed by atoms with Gasteiger partial charge in [-0.25, -0.2) is 4.98 Å². The Kier molecular flexibility index (Phi) is 3.90. The summed E-state index contributed by atoms with van der Waals surface area (Å²) < 4.78 is 7.03. The number of amides is 1. The maximum atomic E-state index is 12.7. The average Bonchev–Trinajstić information content (AvgIpc) is 3.20. The van der Waals surface area contributed by atoms with Crippen molar-refractivity contribution < 1.29 is 9.53 Å². The van der Waals surface area contributed by atoms with Crippen LogP contribution in [0.1, 0.15) is 21.9 Å². The van der Waals surface area contributed by atoms with E-state index in [1.807, 2.05) is 42.2 Å². The SMILES string of the molecule is Cc1nccc(OC2CCN(C(=O)c3cc4ccccc4s3)C2)n1. The molecule has 24 heavy (non-hydrogen) atoms. The number of hydrogen-bond donors (Lipinski definition) is 0. The third-order valence-corrected chi connectivity index (χ3v) is 5.21. The van der Waals surface area contributed by atoms with Crippen molar-refractivity contribution >= 4 is 27.3 Å². The van der Waals surface area contributed by atoms with Crippen LogP contribution in [0.2, 0.25) is 0 Å². The van der Waals surface area contributed by atoms with E-state index in [1.165, 1.54) is 0 Å². The van der Waals surface area contributed by atoms with Crippen LogP contribution in [0.15, 0.2) is 42.6 Å². The highest BCUT2D eigenvalue weighted by molar-refractivity contribution is 7.20. The highest BCUT2D eigenvalue weighted by atomic mass is 32.1. The van der Waals surface area contributed by atoms with Gasteiger partial charge in [-0.15, -0.1) is 11.3 Å². The first-order valence-electron chi connectivity index (χ1n) is 7.93. The molecule has 0 aliphatic carbocycles. The van der Waals surface area contributed by atoms with Crippen molar-refractivity contribution in [3.8, 4) is 5.88 Å². The Balaban J connectivity index is 1.45. The molecule has 3 heterocycles. The van der Waals surface area contributed by atoms with E-state index in [2.05, 4.69) is 9.97 Å². The first-order chi connectivity index (χ1) is 11.7. The van der Waals surface area contributed by atoms with E-state index in [1.54, 1.807) is 23.6 Å². The van der Waals surface area contributed by atoms with E-state index in [-0.39, 0.29) is 12.0 Å². The lowest BCUT2D eigenvalue weighted by molar-refractivity contribution is 0.0776. The van der Waals surface area contributed by atoms with Gasteiger partial charge in [0.2, 0.25) is 5.88 Å². The van der Waals surface area contributed by atoms with Gasteiger partial charge in [0, 0.05) is 29.9 Å². The number of benzene rings is 1. The van der Waals surface area contributed by atoms with Gasteiger partial charge in [-0.3, -0.25) is 4.79 Å². The third-order valence-electron chi connectivity index (χ3n) is 4.11. The van der Waals surface area contributed by atoms with Crippen molar-refractivity contribution in [1.29, 1.82) is 0 Å². The van der Waals surface area contributed by atoms with E-state index in [0.717, 1.165) is 21.4 Å². The molecule has 1 saturated heterocycles. The van der Waals surface area contributed by atoms with E-state index in [9.17, 15) is 4.79 Å². The quantitative estimate of drug-likeness (QED) is 0.735. The molecule has 0 N–H and O–H groups in total. The largest absolute Gasteiger partial charge is 0.472 e. The van der Waals surface area contributed by atoms with Crippen molar-refractivity contribution in [3.63, 3.8) is 0 Å². The first kappa shape index (κ1) is 15.1. The zero-order chi connectivity index (χ0) is 16.5. The minimum Gasteiger partial charge on any atom is -0.472 e. The van der Waals surface area contributed by atoms with Gasteiger partial charge in [-0.2, -0.15) is 4.98 Å². The standard InChI is InChI=1S/C18H17N3O2S/c1-12-19-8-6-17(20-12)23-14-7-9-21(11-14)18(22)16-10-13-4-2-3-5-15(13)24-16/h2-6,8,10,14H,7,9,11H2,1H3. The van der Waals surface area contributed by atoms with Crippen molar-refractivity contribution in [2.75, 3.05) is 13.1 Å². The molecule has 1 unspecified atom stereocenters. The average molecular weight is 339 g/mol. The monoisotopic (exact) mass is 339 g/mol. The number of hydrogen-bond acceptors (Lipinski definition) is 5. The number of aryl methyl sites for hydroxylation is 1. The van der Waals surface area contributed by atoms with E-state index in [4.69, 9.17) is 4.74 Å². The van der Waals surface area contributed by atoms with Crippen molar-refractivity contribution in [3.05, 3.63) is 53.3 Å². The molecule has 4 rings (SSSR count). The summed E-state index contributed by atoms with van der Waals surface area (Å²) in [6.45, 7) is 3.14. The smallest absolute Gasteiger partial charge is 0.264 e. The molecular weight excluding hydrogens is 322 g/mol. The summed E-state index contributed by atoms with van der Waals surface area (Å²) in [4.78, 5) is 23.7. The number of thiophene rings is 1. The van der Waals surface area contributed by atoms with Gasteiger partial charge < -0.3 is 9.64 Å². The van der Waals surface area contributed by atoms with Gasteiger partial charge >= 0.3 is 0 Å². The number of ether oxygens (including phenoxy) is 1. The predicted octanol–water partition coefficient (Wildman–Crippen LogP) is 3.29. The van der Waals surface area contributed by atoms with Gasteiger partial charge in [0.1, 0.15) is 11.9 Å². The number of carbonyl (C=O) groups excluding carboxylic acids is 1. The minimum atomic E-state index is -0.0161. The molecule has 3 aromatic rings. The fourth-order valence-corrected chi connectivity index (χ4v) is 3.95. The van der Waals surface area contributed by atoms with Gasteiger partial charge in [0.05, 0.1) is 11.4 Å². The Morgan fingerprint density at radius 1 is 1.33 bits per heavy atom. The molecule has 0 bridgehead atoms. The summed E-state index contributed by atoms with van der Waals surface area (Å²) in [5, 5.41) is 1.12. The second-order valence-electron chi connectivity index (χ2n) is 5.87. The van der Waals surface area contributed by atoms with E-state index < -0.39 is 0 Å². The second-order valence-corrected chi connectivity index (χ2v) is 6.95. The molecule has 0 radical (unpaired) electrons. The molecule has 1 atom stereocenters. The predicted molar refractivity (Wildman–Crippen MR) is 93.5 cm³/mol. The molecule has 1 aliphatic heterocycles. The van der Waals surface area contributed by atoms with Crippen LogP contribution in [-0.2, 0) is 0 Å². The number of rotatable bonds is 3. The van der Waals surface area contributed by atoms with Crippen LogP contribution in [0.25, 0.3) is 10.1 Å². The minimum absolute atomic E-state index is 0.0161. The molecule has 1 amide bonds. The van der Waals surface area contributed by atoms with E-state index in [0.29, 0.717) is 24.8 Å². The van der Waals surface area contributed by atoms with Crippen LogP contribution >= 0.6 is 11.3 Å². The molecular formula is C18H17N3O2S. The molecule has 0 saturated carbocycles. The lowest BCUT2D eigenvalue weighted by Crippen LogP contribution is -2.30. The molecule has 2 aromatic heterocycles. The fourth-order valence-electron chi connectivity index (χ4n) is 2.92. The summed E-state index contributed by atoms with van der Waals surface area (Å²) in [6.07, 6.45) is 2.49. The maximum absolute atomic E-state index is 12.7. The zero-order valence-electron chi connectivity index (χ0n) is 13.3. The third kappa shape index (κ3) is 2.97. The van der Waals surface area contributed by atoms with Gasteiger partial charge in [0.25, 0.3) is 5.91 Å². The lowest BCUT2D eigenvalue weighted by Gasteiger charge is -2.16.